The molecule has 1 aromatic rings. The molecule has 2 rings (SSSR count). The maximum absolute atomic E-state index is 5.17. The van der Waals surface area contributed by atoms with E-state index in [1.807, 2.05) is 0 Å². The van der Waals surface area contributed by atoms with Crippen LogP contribution in [0.15, 0.2) is 0 Å². The number of ether oxygens (including phenoxy) is 1. The average molecular weight is 280 g/mol. The molecule has 0 bridgehead atoms. The van der Waals surface area contributed by atoms with Crippen molar-refractivity contribution in [3.63, 3.8) is 0 Å². The minimum Gasteiger partial charge on any atom is -0.467 e. The molecule has 1 saturated heterocycles. The largest absolute Gasteiger partial charge is 0.467 e. The van der Waals surface area contributed by atoms with Crippen LogP contribution in [0.4, 0.5) is 11.9 Å². The van der Waals surface area contributed by atoms with Crippen LogP contribution in [0.5, 0.6) is 6.01 Å². The predicted octanol–water partition coefficient (Wildman–Crippen LogP) is 0.842. The zero-order valence-corrected chi connectivity index (χ0v) is 12.8. The third kappa shape index (κ3) is 3.47. The molecule has 1 aromatic heterocycles. The van der Waals surface area contributed by atoms with Crippen LogP contribution in [-0.2, 0) is 0 Å². The molecule has 112 valence electrons. The van der Waals surface area contributed by atoms with Gasteiger partial charge in [-0.2, -0.15) is 15.0 Å². The predicted molar refractivity (Wildman–Crippen MR) is 79.5 cm³/mol. The zero-order valence-electron chi connectivity index (χ0n) is 12.8. The van der Waals surface area contributed by atoms with E-state index in [2.05, 4.69) is 51.1 Å². The molecule has 1 atom stereocenters. The highest BCUT2D eigenvalue weighted by atomic mass is 16.5. The molecule has 20 heavy (non-hydrogen) atoms. The molecule has 1 fully saturated rings. The van der Waals surface area contributed by atoms with E-state index in [1.165, 1.54) is 0 Å². The van der Waals surface area contributed by atoms with Crippen molar-refractivity contribution in [2.45, 2.75) is 25.8 Å². The number of hydrogen-bond donors (Lipinski definition) is 1. The lowest BCUT2D eigenvalue weighted by Crippen LogP contribution is -2.32. The molecule has 1 N–H and O–H groups in total. The van der Waals surface area contributed by atoms with Gasteiger partial charge >= 0.3 is 6.01 Å². The number of nitrogens with zero attached hydrogens (tertiary/aromatic N) is 5. The van der Waals surface area contributed by atoms with E-state index in [9.17, 15) is 0 Å². The van der Waals surface area contributed by atoms with Gasteiger partial charge in [-0.15, -0.1) is 0 Å². The summed E-state index contributed by atoms with van der Waals surface area (Å²) in [4.78, 5) is 17.5. The third-order valence-corrected chi connectivity index (χ3v) is 3.50. The van der Waals surface area contributed by atoms with E-state index in [-0.39, 0.29) is 0 Å². The van der Waals surface area contributed by atoms with Gasteiger partial charge in [-0.3, -0.25) is 0 Å². The first kappa shape index (κ1) is 14.8. The number of aromatic nitrogens is 3. The van der Waals surface area contributed by atoms with Gasteiger partial charge in [-0.05, 0) is 26.9 Å². The number of nitrogens with one attached hydrogen (secondary N) is 1. The summed E-state index contributed by atoms with van der Waals surface area (Å²) < 4.78 is 5.17. The molecule has 0 aromatic carbocycles. The highest BCUT2D eigenvalue weighted by molar-refractivity contribution is 5.39. The van der Waals surface area contributed by atoms with Crippen molar-refractivity contribution in [2.24, 2.45) is 0 Å². The first-order valence-corrected chi connectivity index (χ1v) is 7.09. The van der Waals surface area contributed by atoms with Crippen LogP contribution in [0.2, 0.25) is 0 Å². The summed E-state index contributed by atoms with van der Waals surface area (Å²) in [6.07, 6.45) is 2.15. The molecule has 0 amide bonds. The summed E-state index contributed by atoms with van der Waals surface area (Å²) in [6, 6.07) is 0.909. The van der Waals surface area contributed by atoms with Gasteiger partial charge in [0.15, 0.2) is 0 Å². The van der Waals surface area contributed by atoms with E-state index >= 15 is 0 Å². The van der Waals surface area contributed by atoms with Gasteiger partial charge in [0.1, 0.15) is 0 Å². The van der Waals surface area contributed by atoms with E-state index < -0.39 is 0 Å². The smallest absolute Gasteiger partial charge is 0.322 e. The van der Waals surface area contributed by atoms with Crippen molar-refractivity contribution in [3.05, 3.63) is 0 Å². The van der Waals surface area contributed by atoms with Crippen LogP contribution in [0.1, 0.15) is 19.8 Å². The van der Waals surface area contributed by atoms with Crippen molar-refractivity contribution in [3.8, 4) is 6.01 Å². The fraction of sp³-hybridized carbons (Fsp3) is 0.769. The molecule has 0 spiro atoms. The Morgan fingerprint density at radius 2 is 2.15 bits per heavy atom. The van der Waals surface area contributed by atoms with Gasteiger partial charge in [-0.25, -0.2) is 0 Å². The van der Waals surface area contributed by atoms with E-state index in [1.54, 1.807) is 7.11 Å². The lowest BCUT2D eigenvalue weighted by molar-refractivity contribution is 0.315. The van der Waals surface area contributed by atoms with Crippen LogP contribution >= 0.6 is 0 Å². The van der Waals surface area contributed by atoms with Gasteiger partial charge in [0, 0.05) is 25.7 Å². The number of methoxy groups -OCH3 is 1. The van der Waals surface area contributed by atoms with Crippen molar-refractivity contribution >= 4 is 11.9 Å². The van der Waals surface area contributed by atoms with E-state index in [0.29, 0.717) is 23.9 Å². The Balaban J connectivity index is 2.14. The topological polar surface area (TPSA) is 66.4 Å². The maximum Gasteiger partial charge on any atom is 0.322 e. The summed E-state index contributed by atoms with van der Waals surface area (Å²) in [5, 5.41) is 3.19. The van der Waals surface area contributed by atoms with Crippen LogP contribution in [-0.4, -0.2) is 66.7 Å². The van der Waals surface area contributed by atoms with Crippen molar-refractivity contribution in [2.75, 3.05) is 51.1 Å². The Bertz CT molecular complexity index is 439. The lowest BCUT2D eigenvalue weighted by atomic mass is 10.2. The summed E-state index contributed by atoms with van der Waals surface area (Å²) in [6.45, 7) is 4.85. The van der Waals surface area contributed by atoms with E-state index in [4.69, 9.17) is 4.74 Å². The standard InChI is InChI=1S/C13H24N6O/c1-5-7-14-11-15-12(17-13(16-11)20-4)19-8-6-10(9-19)18(2)3/h10H,5-9H2,1-4H3,(H,14,15,16,17). The molecule has 2 heterocycles. The minimum absolute atomic E-state index is 0.363. The van der Waals surface area contributed by atoms with Gasteiger partial charge in [0.2, 0.25) is 11.9 Å². The molecule has 0 aliphatic carbocycles. The van der Waals surface area contributed by atoms with Gasteiger partial charge in [0.05, 0.1) is 7.11 Å². The number of likely N-dealkylation sites (N-methyl/N-ethyl adjacent to an activating group) is 1. The molecule has 0 radical (unpaired) electrons. The zero-order chi connectivity index (χ0) is 14.5. The highest BCUT2D eigenvalue weighted by Crippen LogP contribution is 2.21. The Hall–Kier alpha value is -1.63. The quantitative estimate of drug-likeness (QED) is 0.828. The van der Waals surface area contributed by atoms with Crippen molar-refractivity contribution in [1.82, 2.24) is 19.9 Å². The number of rotatable bonds is 6. The fourth-order valence-electron chi connectivity index (χ4n) is 2.24. The first-order chi connectivity index (χ1) is 9.63. The Morgan fingerprint density at radius 3 is 2.75 bits per heavy atom. The highest BCUT2D eigenvalue weighted by Gasteiger charge is 2.26. The van der Waals surface area contributed by atoms with Crippen LogP contribution < -0.4 is 15.0 Å². The van der Waals surface area contributed by atoms with E-state index in [0.717, 1.165) is 32.5 Å². The molecule has 7 nitrogen and oxygen atoms in total. The lowest BCUT2D eigenvalue weighted by Gasteiger charge is -2.20. The second-order valence-corrected chi connectivity index (χ2v) is 5.22. The number of hydrogen-bond acceptors (Lipinski definition) is 7. The fourth-order valence-corrected chi connectivity index (χ4v) is 2.24. The van der Waals surface area contributed by atoms with Crippen LogP contribution in [0.25, 0.3) is 0 Å². The summed E-state index contributed by atoms with van der Waals surface area (Å²) >= 11 is 0. The van der Waals surface area contributed by atoms with Crippen LogP contribution in [0.3, 0.4) is 0 Å². The Kier molecular flexibility index (Phi) is 4.94. The molecule has 1 unspecified atom stereocenters. The Morgan fingerprint density at radius 1 is 1.35 bits per heavy atom. The molecule has 7 heteroatoms. The summed E-state index contributed by atoms with van der Waals surface area (Å²) in [7, 11) is 5.79. The molecular weight excluding hydrogens is 256 g/mol. The average Bonchev–Trinajstić information content (AvgIpc) is 2.94. The minimum atomic E-state index is 0.363. The van der Waals surface area contributed by atoms with Gasteiger partial charge in [-0.1, -0.05) is 6.92 Å². The van der Waals surface area contributed by atoms with Crippen LogP contribution in [0, 0.1) is 0 Å². The van der Waals surface area contributed by atoms with Crippen molar-refractivity contribution in [1.29, 1.82) is 0 Å². The molecule has 1 aliphatic rings. The monoisotopic (exact) mass is 280 g/mol. The van der Waals surface area contributed by atoms with Crippen molar-refractivity contribution < 1.29 is 4.74 Å². The summed E-state index contributed by atoms with van der Waals surface area (Å²) in [5.74, 6) is 1.28. The maximum atomic E-state index is 5.17. The molecular formula is C13H24N6O. The van der Waals surface area contributed by atoms with Gasteiger partial charge < -0.3 is 19.9 Å². The summed E-state index contributed by atoms with van der Waals surface area (Å²) in [5.41, 5.74) is 0. The second kappa shape index (κ2) is 6.69. The first-order valence-electron chi connectivity index (χ1n) is 7.09. The number of anilines is 2. The van der Waals surface area contributed by atoms with Gasteiger partial charge in [0.25, 0.3) is 0 Å². The normalized spacial score (nSPS) is 18.6. The third-order valence-electron chi connectivity index (χ3n) is 3.50. The Labute approximate surface area is 120 Å². The molecule has 0 saturated carbocycles. The second-order valence-electron chi connectivity index (χ2n) is 5.22. The molecule has 1 aliphatic heterocycles. The SMILES string of the molecule is CCCNc1nc(OC)nc(N2CCC(N(C)C)C2)n1.